The molecular weight excluding hydrogens is 671 g/mol. The second-order valence-electron chi connectivity index (χ2n) is 11.4. The Kier molecular flexibility index (Phi) is 13.2. The minimum atomic E-state index is -4.89. The molecule has 2 aliphatic rings. The Labute approximate surface area is 271 Å². The molecule has 254 valence electrons. The molecule has 0 aliphatic carbocycles. The molecule has 0 aromatic heterocycles. The van der Waals surface area contributed by atoms with Gasteiger partial charge in [-0.2, -0.15) is 26.3 Å². The normalized spacial score (nSPS) is 22.0. The van der Waals surface area contributed by atoms with E-state index in [2.05, 4.69) is 9.80 Å². The maximum atomic E-state index is 13.7. The van der Waals surface area contributed by atoms with Gasteiger partial charge in [0.2, 0.25) is 0 Å². The smallest absolute Gasteiger partial charge is 0.373 e. The standard InChI is InChI=1S/C29H35F6N3O4S.2ClH/c1-19-16-37(17-20(2)42-19)9-8-36-10-11-38(25(18-36)12-21-4-6-23(7-5-21)28(30,31)32)27(39)22-13-24(29(33,34)35)15-26(14-22)43(3,40)41;;/h4-7,13-15,19-20,25H,8-12,16-18H2,1-3H3;2*1H/t19-,20+,25-;;/m1../s1. The van der Waals surface area contributed by atoms with Crippen LogP contribution >= 0.6 is 24.8 Å². The average Bonchev–Trinajstić information content (AvgIpc) is 2.90. The lowest BCUT2D eigenvalue weighted by Gasteiger charge is -2.43. The second kappa shape index (κ2) is 15.2. The van der Waals surface area contributed by atoms with Gasteiger partial charge in [-0.05, 0) is 56.2 Å². The largest absolute Gasteiger partial charge is 0.416 e. The summed E-state index contributed by atoms with van der Waals surface area (Å²) in [4.78, 5) is 18.9. The van der Waals surface area contributed by atoms with Crippen molar-refractivity contribution in [2.24, 2.45) is 0 Å². The fourth-order valence-electron chi connectivity index (χ4n) is 5.68. The van der Waals surface area contributed by atoms with Crippen LogP contribution in [0, 0.1) is 0 Å². The van der Waals surface area contributed by atoms with Crippen LogP contribution in [0.1, 0.15) is 40.9 Å². The van der Waals surface area contributed by atoms with Crippen molar-refractivity contribution >= 4 is 40.6 Å². The summed E-state index contributed by atoms with van der Waals surface area (Å²) < 4.78 is 110. The number of piperazine rings is 1. The summed E-state index contributed by atoms with van der Waals surface area (Å²) in [5.74, 6) is -0.775. The average molecular weight is 709 g/mol. The van der Waals surface area contributed by atoms with Crippen molar-refractivity contribution in [3.8, 4) is 0 Å². The van der Waals surface area contributed by atoms with Crippen molar-refractivity contribution in [2.75, 3.05) is 52.1 Å². The number of carbonyl (C=O) groups excluding carboxylic acids is 1. The van der Waals surface area contributed by atoms with E-state index in [0.717, 1.165) is 44.1 Å². The van der Waals surface area contributed by atoms with E-state index in [1.165, 1.54) is 17.0 Å². The van der Waals surface area contributed by atoms with E-state index in [9.17, 15) is 39.6 Å². The number of ether oxygens (including phenoxy) is 1. The third-order valence-electron chi connectivity index (χ3n) is 7.72. The number of hydrogen-bond donors (Lipinski definition) is 0. The molecule has 3 atom stereocenters. The SMILES string of the molecule is C[C@@H]1CN(CCN2CCN(C(=O)c3cc(C(F)(F)F)cc(S(C)(=O)=O)c3)[C@H](Cc3ccc(C(F)(F)F)cc3)C2)C[C@H](C)O1.Cl.Cl. The van der Waals surface area contributed by atoms with E-state index in [-0.39, 0.29) is 50.0 Å². The van der Waals surface area contributed by atoms with Crippen LogP contribution in [0.15, 0.2) is 47.4 Å². The summed E-state index contributed by atoms with van der Waals surface area (Å²) in [5.41, 5.74) is -1.97. The number of morpholine rings is 1. The number of amides is 1. The zero-order valence-electron chi connectivity index (χ0n) is 24.9. The molecule has 2 fully saturated rings. The molecule has 7 nitrogen and oxygen atoms in total. The molecule has 2 heterocycles. The quantitative estimate of drug-likeness (QED) is 0.357. The van der Waals surface area contributed by atoms with Crippen molar-refractivity contribution < 1.29 is 44.3 Å². The van der Waals surface area contributed by atoms with Gasteiger partial charge in [-0.1, -0.05) is 12.1 Å². The lowest BCUT2D eigenvalue weighted by Crippen LogP contribution is -2.57. The van der Waals surface area contributed by atoms with Crippen molar-refractivity contribution in [3.63, 3.8) is 0 Å². The van der Waals surface area contributed by atoms with Crippen LogP contribution in [0.4, 0.5) is 26.3 Å². The molecule has 0 bridgehead atoms. The fraction of sp³-hybridized carbons (Fsp3) is 0.552. The summed E-state index contributed by atoms with van der Waals surface area (Å²) in [5, 5.41) is 0. The molecule has 1 amide bonds. The molecule has 0 unspecified atom stereocenters. The van der Waals surface area contributed by atoms with Gasteiger partial charge in [-0.15, -0.1) is 24.8 Å². The highest BCUT2D eigenvalue weighted by Crippen LogP contribution is 2.33. The highest BCUT2D eigenvalue weighted by Gasteiger charge is 2.36. The number of alkyl halides is 6. The summed E-state index contributed by atoms with van der Waals surface area (Å²) in [6, 6.07) is 6.05. The fourth-order valence-corrected chi connectivity index (χ4v) is 6.36. The molecule has 0 radical (unpaired) electrons. The van der Waals surface area contributed by atoms with E-state index in [0.29, 0.717) is 37.3 Å². The molecule has 2 saturated heterocycles. The number of rotatable bonds is 7. The van der Waals surface area contributed by atoms with Gasteiger partial charge in [0.15, 0.2) is 9.84 Å². The lowest BCUT2D eigenvalue weighted by molar-refractivity contribution is -0.138. The third-order valence-corrected chi connectivity index (χ3v) is 8.81. The Morgan fingerprint density at radius 3 is 1.91 bits per heavy atom. The predicted octanol–water partition coefficient (Wildman–Crippen LogP) is 5.45. The van der Waals surface area contributed by atoms with Crippen LogP contribution in [0.3, 0.4) is 0 Å². The maximum Gasteiger partial charge on any atom is 0.416 e. The number of carbonyl (C=O) groups is 1. The van der Waals surface area contributed by atoms with Gasteiger partial charge in [0, 0.05) is 63.7 Å². The van der Waals surface area contributed by atoms with Gasteiger partial charge >= 0.3 is 12.4 Å². The Morgan fingerprint density at radius 1 is 0.822 bits per heavy atom. The highest BCUT2D eigenvalue weighted by molar-refractivity contribution is 7.90. The first-order chi connectivity index (χ1) is 19.9. The molecule has 4 rings (SSSR count). The van der Waals surface area contributed by atoms with Crippen LogP contribution in [0.2, 0.25) is 0 Å². The monoisotopic (exact) mass is 707 g/mol. The molecule has 2 aromatic rings. The Balaban J connectivity index is 0.00000353. The van der Waals surface area contributed by atoms with Crippen LogP contribution < -0.4 is 0 Å². The van der Waals surface area contributed by atoms with Crippen molar-refractivity contribution in [3.05, 3.63) is 64.7 Å². The zero-order valence-corrected chi connectivity index (χ0v) is 27.3. The summed E-state index contributed by atoms with van der Waals surface area (Å²) in [6.07, 6.45) is -8.33. The molecule has 0 N–H and O–H groups in total. The maximum absolute atomic E-state index is 13.7. The topological polar surface area (TPSA) is 70.2 Å². The van der Waals surface area contributed by atoms with E-state index in [1.807, 2.05) is 13.8 Å². The van der Waals surface area contributed by atoms with E-state index in [1.54, 1.807) is 0 Å². The summed E-state index contributed by atoms with van der Waals surface area (Å²) in [7, 11) is -4.07. The Morgan fingerprint density at radius 2 is 1.38 bits per heavy atom. The van der Waals surface area contributed by atoms with Gasteiger partial charge < -0.3 is 9.64 Å². The molecule has 0 saturated carbocycles. The zero-order chi connectivity index (χ0) is 31.7. The molecule has 16 heteroatoms. The lowest BCUT2D eigenvalue weighted by atomic mass is 9.99. The molecule has 2 aromatic carbocycles. The van der Waals surface area contributed by atoms with E-state index < -0.39 is 55.7 Å². The molecular formula is C29H37Cl2F6N3O4S. The van der Waals surface area contributed by atoms with Crippen LogP contribution in [-0.4, -0.2) is 99.3 Å². The number of nitrogens with zero attached hydrogens (tertiary/aromatic N) is 3. The van der Waals surface area contributed by atoms with Gasteiger partial charge in [0.25, 0.3) is 5.91 Å². The first-order valence-corrected chi connectivity index (χ1v) is 15.8. The summed E-state index contributed by atoms with van der Waals surface area (Å²) in [6.45, 7) is 7.78. The van der Waals surface area contributed by atoms with Crippen LogP contribution in [0.5, 0.6) is 0 Å². The van der Waals surface area contributed by atoms with Gasteiger partial charge in [0.1, 0.15) is 0 Å². The van der Waals surface area contributed by atoms with Crippen molar-refractivity contribution in [1.82, 2.24) is 14.7 Å². The van der Waals surface area contributed by atoms with Crippen LogP contribution in [-0.2, 0) is 33.3 Å². The number of hydrogen-bond acceptors (Lipinski definition) is 6. The number of halogens is 8. The first kappa shape index (κ1) is 39.1. The second-order valence-corrected chi connectivity index (χ2v) is 13.4. The first-order valence-electron chi connectivity index (χ1n) is 13.9. The minimum Gasteiger partial charge on any atom is -0.373 e. The van der Waals surface area contributed by atoms with Crippen molar-refractivity contribution in [2.45, 2.75) is 55.8 Å². The minimum absolute atomic E-state index is 0. The van der Waals surface area contributed by atoms with E-state index in [4.69, 9.17) is 4.74 Å². The predicted molar refractivity (Wildman–Crippen MR) is 162 cm³/mol. The Bertz CT molecular complexity index is 1400. The number of benzene rings is 2. The van der Waals surface area contributed by atoms with Crippen LogP contribution in [0.25, 0.3) is 0 Å². The third kappa shape index (κ3) is 10.4. The molecule has 0 spiro atoms. The van der Waals surface area contributed by atoms with Gasteiger partial charge in [0.05, 0.1) is 28.2 Å². The van der Waals surface area contributed by atoms with Crippen molar-refractivity contribution in [1.29, 1.82) is 0 Å². The molecule has 2 aliphatic heterocycles. The Hall–Kier alpha value is -2.10. The summed E-state index contributed by atoms with van der Waals surface area (Å²) >= 11 is 0. The van der Waals surface area contributed by atoms with E-state index >= 15 is 0 Å². The van der Waals surface area contributed by atoms with Gasteiger partial charge in [-0.25, -0.2) is 8.42 Å². The number of sulfone groups is 1. The van der Waals surface area contributed by atoms with Gasteiger partial charge in [-0.3, -0.25) is 14.6 Å². The highest BCUT2D eigenvalue weighted by atomic mass is 35.5. The molecule has 45 heavy (non-hydrogen) atoms.